The van der Waals surface area contributed by atoms with Crippen LogP contribution in [0.1, 0.15) is 11.4 Å². The lowest BCUT2D eigenvalue weighted by Crippen LogP contribution is -2.14. The number of hydrogen-bond acceptors (Lipinski definition) is 3. The van der Waals surface area contributed by atoms with Gasteiger partial charge in [-0.25, -0.2) is 4.98 Å². The van der Waals surface area contributed by atoms with Crippen LogP contribution in [-0.4, -0.2) is 14.8 Å². The van der Waals surface area contributed by atoms with E-state index in [1.165, 1.54) is 0 Å². The van der Waals surface area contributed by atoms with Gasteiger partial charge in [-0.3, -0.25) is 4.68 Å². The Kier molecular flexibility index (Phi) is 4.15. The van der Waals surface area contributed by atoms with Crippen molar-refractivity contribution in [3.05, 3.63) is 45.4 Å². The summed E-state index contributed by atoms with van der Waals surface area (Å²) in [4.78, 5) is 4.13. The zero-order chi connectivity index (χ0) is 12.3. The van der Waals surface area contributed by atoms with Gasteiger partial charge in [-0.15, -0.1) is 0 Å². The quantitative estimate of drug-likeness (QED) is 0.943. The molecule has 0 aliphatic rings. The second-order valence-corrected chi connectivity index (χ2v) is 5.00. The van der Waals surface area contributed by atoms with Gasteiger partial charge in [-0.1, -0.05) is 33.6 Å². The molecule has 0 unspecified atom stereocenters. The number of aryl methyl sites for hydroxylation is 1. The first kappa shape index (κ1) is 12.5. The largest absolute Gasteiger partial charge is 0.306 e. The number of hydrogen-bond donors (Lipinski definition) is 1. The molecule has 0 spiro atoms. The molecule has 0 aliphatic heterocycles. The van der Waals surface area contributed by atoms with E-state index in [1.807, 2.05) is 25.2 Å². The molecule has 0 bridgehead atoms. The summed E-state index contributed by atoms with van der Waals surface area (Å²) in [6.45, 7) is 1.33. The van der Waals surface area contributed by atoms with Gasteiger partial charge >= 0.3 is 0 Å². The van der Waals surface area contributed by atoms with Crippen LogP contribution in [0.15, 0.2) is 29.0 Å². The monoisotopic (exact) mass is 314 g/mol. The van der Waals surface area contributed by atoms with Gasteiger partial charge < -0.3 is 5.32 Å². The van der Waals surface area contributed by atoms with Crippen LogP contribution in [0.25, 0.3) is 0 Å². The topological polar surface area (TPSA) is 42.7 Å². The van der Waals surface area contributed by atoms with Crippen molar-refractivity contribution < 1.29 is 0 Å². The van der Waals surface area contributed by atoms with Gasteiger partial charge in [0, 0.05) is 23.1 Å². The third-order valence-electron chi connectivity index (χ3n) is 2.26. The first-order valence-corrected chi connectivity index (χ1v) is 6.31. The maximum absolute atomic E-state index is 6.11. The molecule has 0 saturated heterocycles. The predicted octanol–water partition coefficient (Wildman–Crippen LogP) is 2.52. The van der Waals surface area contributed by atoms with Gasteiger partial charge in [-0.2, -0.15) is 5.10 Å². The van der Waals surface area contributed by atoms with E-state index in [0.717, 1.165) is 20.9 Å². The van der Waals surface area contributed by atoms with E-state index in [4.69, 9.17) is 11.6 Å². The van der Waals surface area contributed by atoms with Crippen LogP contribution in [0.4, 0.5) is 0 Å². The molecule has 0 fully saturated rings. The summed E-state index contributed by atoms with van der Waals surface area (Å²) in [5, 5.41) is 8.19. The summed E-state index contributed by atoms with van der Waals surface area (Å²) < 4.78 is 2.67. The molecule has 6 heteroatoms. The Hall–Kier alpha value is -0.910. The Bertz CT molecular complexity index is 512. The van der Waals surface area contributed by atoms with Crippen molar-refractivity contribution in [2.45, 2.75) is 13.1 Å². The molecule has 0 saturated carbocycles. The molecule has 0 radical (unpaired) electrons. The lowest BCUT2D eigenvalue weighted by Gasteiger charge is -2.05. The molecule has 1 aromatic carbocycles. The van der Waals surface area contributed by atoms with Crippen molar-refractivity contribution >= 4 is 27.5 Å². The van der Waals surface area contributed by atoms with Gasteiger partial charge in [0.05, 0.1) is 6.54 Å². The van der Waals surface area contributed by atoms with Gasteiger partial charge in [0.15, 0.2) is 5.82 Å². The molecule has 1 N–H and O–H groups in total. The van der Waals surface area contributed by atoms with Crippen molar-refractivity contribution in [2.24, 2.45) is 7.05 Å². The zero-order valence-electron chi connectivity index (χ0n) is 9.32. The van der Waals surface area contributed by atoms with Crippen molar-refractivity contribution in [3.8, 4) is 0 Å². The Morgan fingerprint density at radius 2 is 2.24 bits per heavy atom. The van der Waals surface area contributed by atoms with Crippen molar-refractivity contribution in [1.29, 1.82) is 0 Å². The molecule has 1 aromatic heterocycles. The average molecular weight is 316 g/mol. The van der Waals surface area contributed by atoms with Gasteiger partial charge in [-0.05, 0) is 17.7 Å². The normalized spacial score (nSPS) is 10.8. The zero-order valence-corrected chi connectivity index (χ0v) is 11.7. The molecular formula is C11H12BrClN4. The Morgan fingerprint density at radius 3 is 2.88 bits per heavy atom. The summed E-state index contributed by atoms with van der Waals surface area (Å²) in [6, 6.07) is 5.85. The highest BCUT2D eigenvalue weighted by Crippen LogP contribution is 2.21. The first-order valence-electron chi connectivity index (χ1n) is 5.14. The maximum atomic E-state index is 6.11. The molecule has 4 nitrogen and oxygen atoms in total. The van der Waals surface area contributed by atoms with E-state index in [1.54, 1.807) is 11.0 Å². The molecule has 90 valence electrons. The number of nitrogens with zero attached hydrogens (tertiary/aromatic N) is 3. The Labute approximate surface area is 113 Å². The number of nitrogens with one attached hydrogen (secondary N) is 1. The second-order valence-electron chi connectivity index (χ2n) is 3.67. The fourth-order valence-electron chi connectivity index (χ4n) is 1.44. The van der Waals surface area contributed by atoms with Crippen LogP contribution in [0.3, 0.4) is 0 Å². The van der Waals surface area contributed by atoms with Crippen molar-refractivity contribution in [1.82, 2.24) is 20.1 Å². The van der Waals surface area contributed by atoms with Crippen LogP contribution >= 0.6 is 27.5 Å². The SMILES string of the molecule is Cn1cnc(CNCc2ccc(Br)cc2Cl)n1. The van der Waals surface area contributed by atoms with E-state index in [0.29, 0.717) is 13.1 Å². The highest BCUT2D eigenvalue weighted by Gasteiger charge is 2.02. The number of rotatable bonds is 4. The van der Waals surface area contributed by atoms with E-state index < -0.39 is 0 Å². The minimum absolute atomic E-state index is 0.632. The van der Waals surface area contributed by atoms with Gasteiger partial charge in [0.1, 0.15) is 6.33 Å². The van der Waals surface area contributed by atoms with E-state index in [-0.39, 0.29) is 0 Å². The van der Waals surface area contributed by atoms with Crippen LogP contribution in [0, 0.1) is 0 Å². The summed E-state index contributed by atoms with van der Waals surface area (Å²) in [7, 11) is 1.85. The molecule has 0 aliphatic carbocycles. The highest BCUT2D eigenvalue weighted by molar-refractivity contribution is 9.10. The number of halogens is 2. The third kappa shape index (κ3) is 3.52. The average Bonchev–Trinajstić information content (AvgIpc) is 2.68. The molecule has 0 amide bonds. The van der Waals surface area contributed by atoms with Crippen molar-refractivity contribution in [3.63, 3.8) is 0 Å². The summed E-state index contributed by atoms with van der Waals surface area (Å²) in [5.74, 6) is 0.778. The number of benzene rings is 1. The van der Waals surface area contributed by atoms with Crippen LogP contribution in [0.2, 0.25) is 5.02 Å². The van der Waals surface area contributed by atoms with E-state index in [9.17, 15) is 0 Å². The van der Waals surface area contributed by atoms with Gasteiger partial charge in [0.2, 0.25) is 0 Å². The summed E-state index contributed by atoms with van der Waals surface area (Å²) >= 11 is 9.49. The molecule has 1 heterocycles. The molecule has 2 aromatic rings. The minimum Gasteiger partial charge on any atom is -0.306 e. The van der Waals surface area contributed by atoms with Crippen LogP contribution < -0.4 is 5.32 Å². The Morgan fingerprint density at radius 1 is 1.41 bits per heavy atom. The molecular weight excluding hydrogens is 304 g/mol. The number of aromatic nitrogens is 3. The van der Waals surface area contributed by atoms with Gasteiger partial charge in [0.25, 0.3) is 0 Å². The summed E-state index contributed by atoms with van der Waals surface area (Å²) in [5.41, 5.74) is 1.06. The molecule has 0 atom stereocenters. The minimum atomic E-state index is 0.632. The smallest absolute Gasteiger partial charge is 0.164 e. The lowest BCUT2D eigenvalue weighted by molar-refractivity contribution is 0.649. The fraction of sp³-hybridized carbons (Fsp3) is 0.273. The summed E-state index contributed by atoms with van der Waals surface area (Å²) in [6.07, 6.45) is 1.68. The predicted molar refractivity (Wildman–Crippen MR) is 70.7 cm³/mol. The third-order valence-corrected chi connectivity index (χ3v) is 3.11. The molecule has 17 heavy (non-hydrogen) atoms. The van der Waals surface area contributed by atoms with E-state index in [2.05, 4.69) is 31.3 Å². The molecule has 2 rings (SSSR count). The first-order chi connectivity index (χ1) is 8.15. The van der Waals surface area contributed by atoms with Crippen LogP contribution in [-0.2, 0) is 20.1 Å². The standard InChI is InChI=1S/C11H12BrClN4/c1-17-7-15-11(16-17)6-14-5-8-2-3-9(12)4-10(8)13/h2-4,7,14H,5-6H2,1H3. The Balaban J connectivity index is 1.90. The maximum Gasteiger partial charge on any atom is 0.164 e. The van der Waals surface area contributed by atoms with E-state index >= 15 is 0 Å². The fourth-order valence-corrected chi connectivity index (χ4v) is 2.18. The second kappa shape index (κ2) is 5.62. The van der Waals surface area contributed by atoms with Crippen LogP contribution in [0.5, 0.6) is 0 Å². The lowest BCUT2D eigenvalue weighted by atomic mass is 10.2. The van der Waals surface area contributed by atoms with Crippen molar-refractivity contribution in [2.75, 3.05) is 0 Å². The highest BCUT2D eigenvalue weighted by atomic mass is 79.9.